The first kappa shape index (κ1) is 22.9. The average Bonchev–Trinajstić information content (AvgIpc) is 3.63. The lowest BCUT2D eigenvalue weighted by Gasteiger charge is -2.11. The van der Waals surface area contributed by atoms with E-state index in [1.807, 2.05) is 0 Å². The van der Waals surface area contributed by atoms with Crippen molar-refractivity contribution in [3.63, 3.8) is 0 Å². The maximum Gasteiger partial charge on any atom is 0.420 e. The average molecular weight is 504 g/mol. The molecule has 6 nitrogen and oxygen atoms in total. The number of nitrogens with zero attached hydrogens (tertiary/aromatic N) is 1. The molecule has 0 amide bonds. The topological polar surface area (TPSA) is 83.9 Å². The molecular formula is C28H19F3N2O4. The zero-order chi connectivity index (χ0) is 25.7. The van der Waals surface area contributed by atoms with Gasteiger partial charge in [0.25, 0.3) is 0 Å². The Balaban J connectivity index is 1.37. The van der Waals surface area contributed by atoms with Gasteiger partial charge in [0.1, 0.15) is 28.2 Å². The number of H-pyrrole nitrogens is 1. The number of hydrogen-bond donors (Lipinski definition) is 2. The van der Waals surface area contributed by atoms with E-state index in [-0.39, 0.29) is 29.0 Å². The van der Waals surface area contributed by atoms with Gasteiger partial charge in [0, 0.05) is 35.4 Å². The molecule has 0 bridgehead atoms. The highest BCUT2D eigenvalue weighted by Crippen LogP contribution is 2.39. The van der Waals surface area contributed by atoms with Crippen molar-refractivity contribution in [2.24, 2.45) is 4.99 Å². The number of ether oxygens (including phenoxy) is 1. The van der Waals surface area contributed by atoms with Crippen LogP contribution in [-0.2, 0) is 6.61 Å². The molecule has 0 aliphatic carbocycles. The van der Waals surface area contributed by atoms with Crippen LogP contribution in [0.1, 0.15) is 11.3 Å². The molecule has 0 fully saturated rings. The Hall–Kier alpha value is -4.50. The predicted octanol–water partition coefficient (Wildman–Crippen LogP) is 5.58. The monoisotopic (exact) mass is 504 g/mol. The van der Waals surface area contributed by atoms with Crippen LogP contribution in [0, 0.1) is 0 Å². The predicted molar refractivity (Wildman–Crippen MR) is 131 cm³/mol. The van der Waals surface area contributed by atoms with E-state index >= 15 is 0 Å². The lowest BCUT2D eigenvalue weighted by Crippen LogP contribution is -2.14. The first-order valence-electron chi connectivity index (χ1n) is 11.3. The van der Waals surface area contributed by atoms with E-state index in [0.29, 0.717) is 28.1 Å². The molecule has 1 aliphatic heterocycles. The molecule has 6 rings (SSSR count). The fourth-order valence-corrected chi connectivity index (χ4v) is 4.31. The highest BCUT2D eigenvalue weighted by molar-refractivity contribution is 5.87. The summed E-state index contributed by atoms with van der Waals surface area (Å²) in [4.78, 5) is 7.05. The van der Waals surface area contributed by atoms with Crippen molar-refractivity contribution in [2.45, 2.75) is 12.8 Å². The van der Waals surface area contributed by atoms with Gasteiger partial charge in [-0.3, -0.25) is 0 Å². The van der Waals surface area contributed by atoms with Gasteiger partial charge in [-0.15, -0.1) is 0 Å². The highest BCUT2D eigenvalue weighted by atomic mass is 19.4. The Bertz CT molecular complexity index is 1700. The van der Waals surface area contributed by atoms with Gasteiger partial charge in [-0.25, -0.2) is 4.99 Å². The van der Waals surface area contributed by atoms with Gasteiger partial charge in [0.2, 0.25) is 0 Å². The molecule has 0 saturated carbocycles. The number of aliphatic hydroxyl groups is 1. The van der Waals surface area contributed by atoms with Gasteiger partial charge >= 0.3 is 6.18 Å². The first-order chi connectivity index (χ1) is 17.8. The molecule has 0 saturated heterocycles. The summed E-state index contributed by atoms with van der Waals surface area (Å²) in [6.07, 6.45) is -3.38. The number of aromatic nitrogens is 1. The van der Waals surface area contributed by atoms with E-state index in [2.05, 4.69) is 9.98 Å². The third-order valence-corrected chi connectivity index (χ3v) is 6.16. The zero-order valence-corrected chi connectivity index (χ0v) is 19.4. The maximum atomic E-state index is 14.2. The Morgan fingerprint density at radius 2 is 1.62 bits per heavy atom. The van der Waals surface area contributed by atoms with E-state index in [9.17, 15) is 18.3 Å². The van der Waals surface area contributed by atoms with Crippen LogP contribution in [0.3, 0.4) is 0 Å². The van der Waals surface area contributed by atoms with Crippen LogP contribution < -0.4 is 15.5 Å². The molecule has 0 unspecified atom stereocenters. The molecule has 5 aromatic rings. The van der Waals surface area contributed by atoms with Crippen LogP contribution in [0.4, 0.5) is 13.2 Å². The van der Waals surface area contributed by atoms with Crippen LogP contribution in [0.15, 0.2) is 86.3 Å². The highest BCUT2D eigenvalue weighted by Gasteiger charge is 2.39. The number of fused-ring (bicyclic) bond motifs is 2. The number of methoxy groups -OCH3 is 1. The van der Waals surface area contributed by atoms with Crippen molar-refractivity contribution in [1.29, 1.82) is 0 Å². The normalized spacial score (nSPS) is 14.4. The van der Waals surface area contributed by atoms with E-state index in [1.165, 1.54) is 12.1 Å². The maximum absolute atomic E-state index is 14.2. The van der Waals surface area contributed by atoms with E-state index < -0.39 is 11.7 Å². The Labute approximate surface area is 207 Å². The Morgan fingerprint density at radius 3 is 2.22 bits per heavy atom. The van der Waals surface area contributed by atoms with Gasteiger partial charge in [0.05, 0.1) is 30.6 Å². The van der Waals surface area contributed by atoms with Gasteiger partial charge < -0.3 is 23.7 Å². The van der Waals surface area contributed by atoms with Gasteiger partial charge in [-0.05, 0) is 29.8 Å². The molecule has 2 N–H and O–H groups in total. The number of halogens is 3. The van der Waals surface area contributed by atoms with Gasteiger partial charge in [-0.2, -0.15) is 13.2 Å². The van der Waals surface area contributed by atoms with E-state index in [1.54, 1.807) is 67.8 Å². The molecule has 1 aliphatic rings. The van der Waals surface area contributed by atoms with Crippen molar-refractivity contribution < 1.29 is 31.8 Å². The Morgan fingerprint density at radius 1 is 0.946 bits per heavy atom. The van der Waals surface area contributed by atoms with Crippen molar-refractivity contribution in [3.8, 4) is 28.4 Å². The smallest absolute Gasteiger partial charge is 0.420 e. The molecule has 0 radical (unpaired) electrons. The molecule has 2 aromatic carbocycles. The minimum atomic E-state index is -4.68. The van der Waals surface area contributed by atoms with Crippen LogP contribution in [0.2, 0.25) is 0 Å². The standard InChI is InChI=1S/C28H19F3N2O4/c1-35-18-8-6-17(7-9-18)24-11-20-26(37-24)13-22(33-20)27(28(29,30)31)21-12-25-19(32-21)10-23(36-25)16-4-2-15(14-34)3-5-16/h2-13,32,34H,14H2,1H3/b27-22+. The number of nitrogens with one attached hydrogen (secondary N) is 1. The number of alkyl halides is 3. The number of hydrogen-bond acceptors (Lipinski definition) is 5. The summed E-state index contributed by atoms with van der Waals surface area (Å²) < 4.78 is 59.4. The fraction of sp³-hybridized carbons (Fsp3) is 0.107. The summed E-state index contributed by atoms with van der Waals surface area (Å²) in [5.74, 6) is 1.68. The van der Waals surface area contributed by atoms with Crippen LogP contribution in [-0.4, -0.2) is 23.4 Å². The first-order valence-corrected chi connectivity index (χ1v) is 11.3. The lowest BCUT2D eigenvalue weighted by atomic mass is 10.1. The SMILES string of the molecule is COc1ccc(-c2cc3c(o2)=C/C(=C(/c2cc4oc(-c5ccc(CO)cc5)cc4[nH]2)C(F)(F)F)N=3)cc1. The van der Waals surface area contributed by atoms with Crippen molar-refractivity contribution in [1.82, 2.24) is 4.98 Å². The number of aromatic amines is 1. The summed E-state index contributed by atoms with van der Waals surface area (Å²) in [6.45, 7) is -0.0819. The second-order valence-electron chi connectivity index (χ2n) is 8.53. The molecule has 0 spiro atoms. The molecule has 0 atom stereocenters. The summed E-state index contributed by atoms with van der Waals surface area (Å²) in [6, 6.07) is 18.8. The minimum absolute atomic E-state index is 0.0819. The summed E-state index contributed by atoms with van der Waals surface area (Å²) in [5.41, 5.74) is 1.91. The number of furan rings is 2. The third kappa shape index (κ3) is 4.13. The van der Waals surface area contributed by atoms with Crippen LogP contribution >= 0.6 is 0 Å². The molecule has 3 aromatic heterocycles. The second-order valence-corrected chi connectivity index (χ2v) is 8.53. The van der Waals surface area contributed by atoms with E-state index in [4.69, 9.17) is 13.6 Å². The number of aliphatic hydroxyl groups excluding tert-OH is 1. The molecular weight excluding hydrogens is 485 g/mol. The largest absolute Gasteiger partial charge is 0.497 e. The molecule has 37 heavy (non-hydrogen) atoms. The summed E-state index contributed by atoms with van der Waals surface area (Å²) in [5, 5.41) is 9.53. The Kier molecular flexibility index (Phi) is 5.31. The number of benzene rings is 2. The number of rotatable bonds is 5. The molecule has 9 heteroatoms. The fourth-order valence-electron chi connectivity index (χ4n) is 4.31. The quantitative estimate of drug-likeness (QED) is 0.328. The summed E-state index contributed by atoms with van der Waals surface area (Å²) in [7, 11) is 1.56. The van der Waals surface area contributed by atoms with Crippen LogP contribution in [0.5, 0.6) is 5.75 Å². The van der Waals surface area contributed by atoms with E-state index in [0.717, 1.165) is 16.7 Å². The lowest BCUT2D eigenvalue weighted by molar-refractivity contribution is -0.0694. The van der Waals surface area contributed by atoms with Crippen molar-refractivity contribution in [3.05, 3.63) is 94.5 Å². The second kappa shape index (κ2) is 8.56. The van der Waals surface area contributed by atoms with Gasteiger partial charge in [-0.1, -0.05) is 24.3 Å². The van der Waals surface area contributed by atoms with Gasteiger partial charge in [0.15, 0.2) is 11.0 Å². The summed E-state index contributed by atoms with van der Waals surface area (Å²) >= 11 is 0. The number of allylic oxidation sites excluding steroid dienone is 2. The molecule has 186 valence electrons. The third-order valence-electron chi connectivity index (χ3n) is 6.16. The van der Waals surface area contributed by atoms with Crippen molar-refractivity contribution >= 4 is 22.7 Å². The van der Waals surface area contributed by atoms with Crippen LogP contribution in [0.25, 0.3) is 45.4 Å². The minimum Gasteiger partial charge on any atom is -0.497 e. The van der Waals surface area contributed by atoms with Crippen molar-refractivity contribution in [2.75, 3.05) is 7.11 Å². The molecule has 4 heterocycles. The zero-order valence-electron chi connectivity index (χ0n) is 19.4.